The van der Waals surface area contributed by atoms with Crippen LogP contribution in [0.2, 0.25) is 0 Å². The molecule has 188 valence electrons. The molecule has 1 aliphatic heterocycles. The fraction of sp³-hybridized carbons (Fsp3) is 0.367. The van der Waals surface area contributed by atoms with Crippen molar-refractivity contribution in [3.8, 4) is 0 Å². The van der Waals surface area contributed by atoms with Crippen LogP contribution in [0.25, 0.3) is 10.8 Å². The van der Waals surface area contributed by atoms with Gasteiger partial charge in [0.15, 0.2) is 0 Å². The van der Waals surface area contributed by atoms with Crippen LogP contribution in [0.4, 0.5) is 0 Å². The van der Waals surface area contributed by atoms with Gasteiger partial charge in [-0.15, -0.1) is 0 Å². The number of Topliss-reactive ketones (excluding diaryl/α,β-unsaturated/α-hetero) is 1. The van der Waals surface area contributed by atoms with Crippen molar-refractivity contribution < 1.29 is 19.0 Å². The van der Waals surface area contributed by atoms with E-state index in [1.54, 1.807) is 0 Å². The molecule has 0 aromatic heterocycles. The van der Waals surface area contributed by atoms with Crippen LogP contribution in [0.15, 0.2) is 72.8 Å². The molecule has 0 saturated carbocycles. The monoisotopic (exact) mass is 486 g/mol. The normalized spacial score (nSPS) is 15.5. The molecule has 36 heavy (non-hydrogen) atoms. The molecule has 0 spiro atoms. The molecule has 2 amide bonds. The van der Waals surface area contributed by atoms with Crippen LogP contribution in [-0.2, 0) is 27.3 Å². The molecule has 2 N–H and O–H groups in total. The van der Waals surface area contributed by atoms with E-state index in [9.17, 15) is 14.4 Å². The number of hydrogen-bond acceptors (Lipinski definition) is 3. The summed E-state index contributed by atoms with van der Waals surface area (Å²) in [6.45, 7) is 6.42. The van der Waals surface area contributed by atoms with Crippen LogP contribution in [0.5, 0.6) is 0 Å². The van der Waals surface area contributed by atoms with Crippen molar-refractivity contribution in [1.82, 2.24) is 10.7 Å². The minimum absolute atomic E-state index is 0.000687. The van der Waals surface area contributed by atoms with Crippen molar-refractivity contribution in [1.29, 1.82) is 0 Å². The van der Waals surface area contributed by atoms with Crippen LogP contribution < -0.4 is 10.7 Å². The number of nitrogens with one attached hydrogen (secondary N) is 2. The van der Waals surface area contributed by atoms with E-state index in [1.165, 1.54) is 0 Å². The lowest BCUT2D eigenvalue weighted by Gasteiger charge is -2.35. The number of nitrogens with zero attached hydrogens (tertiary/aromatic N) is 1. The molecule has 1 aliphatic rings. The highest BCUT2D eigenvalue weighted by Crippen LogP contribution is 2.21. The van der Waals surface area contributed by atoms with E-state index >= 15 is 0 Å². The van der Waals surface area contributed by atoms with E-state index in [-0.39, 0.29) is 18.2 Å². The second-order valence-electron chi connectivity index (χ2n) is 10.4. The number of quaternary nitrogens is 1. The quantitative estimate of drug-likeness (QED) is 0.331. The highest BCUT2D eigenvalue weighted by atomic mass is 16.2. The number of carbonyl (C=O) groups is 3. The molecule has 3 aromatic carbocycles. The highest BCUT2D eigenvalue weighted by Gasteiger charge is 2.37. The number of amides is 2. The third kappa shape index (κ3) is 6.58. The predicted molar refractivity (Wildman–Crippen MR) is 142 cm³/mol. The van der Waals surface area contributed by atoms with E-state index in [0.29, 0.717) is 17.6 Å². The first-order chi connectivity index (χ1) is 17.3. The summed E-state index contributed by atoms with van der Waals surface area (Å²) in [7, 11) is 0. The molecule has 0 unspecified atom stereocenters. The van der Waals surface area contributed by atoms with Gasteiger partial charge < -0.3 is 5.32 Å². The van der Waals surface area contributed by atoms with Gasteiger partial charge in [0.05, 0.1) is 0 Å². The van der Waals surface area contributed by atoms with Crippen molar-refractivity contribution in [3.63, 3.8) is 0 Å². The van der Waals surface area contributed by atoms with Gasteiger partial charge in [0.2, 0.25) is 5.78 Å². The molecular weight excluding hydrogens is 450 g/mol. The number of rotatable bonds is 10. The summed E-state index contributed by atoms with van der Waals surface area (Å²) < 4.78 is 0.471. The number of hydrogen-bond donors (Lipinski definition) is 2. The predicted octanol–water partition coefficient (Wildman–Crippen LogP) is 4.32. The topological polar surface area (TPSA) is 75.3 Å². The standard InChI is InChI=1S/C30H35N3O3/c1-22(2)18-27(29(35)32-33(16-8-9-17-33)21-23-10-4-3-5-11-23)31-30(36)28(34)20-24-14-15-25-12-6-7-13-26(25)19-24/h3-7,10-15,19,22,27H,8-9,16-18,20-21H2,1-2H3,(H-,31,32,35,36)/p+1/t27-/m0/s1. The van der Waals surface area contributed by atoms with E-state index in [1.807, 2.05) is 74.5 Å². The summed E-state index contributed by atoms with van der Waals surface area (Å²) in [5.41, 5.74) is 5.18. The van der Waals surface area contributed by atoms with Crippen LogP contribution in [0.1, 0.15) is 44.2 Å². The summed E-state index contributed by atoms with van der Waals surface area (Å²) in [6.07, 6.45) is 2.55. The molecule has 6 heteroatoms. The summed E-state index contributed by atoms with van der Waals surface area (Å²) in [6, 6.07) is 23.1. The van der Waals surface area contributed by atoms with Crippen molar-refractivity contribution in [3.05, 3.63) is 83.9 Å². The molecule has 4 rings (SSSR count). The largest absolute Gasteiger partial charge is 0.337 e. The van der Waals surface area contributed by atoms with Crippen molar-refractivity contribution in [2.45, 2.75) is 52.1 Å². The Hall–Kier alpha value is -3.51. The summed E-state index contributed by atoms with van der Waals surface area (Å²) in [5.74, 6) is -1.30. The minimum Gasteiger partial charge on any atom is -0.337 e. The first kappa shape index (κ1) is 25.6. The second kappa shape index (κ2) is 11.5. The molecule has 1 heterocycles. The van der Waals surface area contributed by atoms with Crippen LogP contribution >= 0.6 is 0 Å². The first-order valence-corrected chi connectivity index (χ1v) is 12.9. The Kier molecular flexibility index (Phi) is 8.16. The van der Waals surface area contributed by atoms with Crippen LogP contribution in [-0.4, -0.2) is 41.3 Å². The maximum absolute atomic E-state index is 13.4. The SMILES string of the molecule is CC(C)C[C@H](NC(=O)C(=O)Cc1ccc2ccccc2c1)C(=O)N[N+]1(Cc2ccccc2)CCCC1. The van der Waals surface area contributed by atoms with Crippen molar-refractivity contribution >= 4 is 28.4 Å². The number of ketones is 1. The average molecular weight is 487 g/mol. The third-order valence-corrected chi connectivity index (χ3v) is 6.86. The van der Waals surface area contributed by atoms with Crippen molar-refractivity contribution in [2.24, 2.45) is 5.92 Å². The Morgan fingerprint density at radius 3 is 2.19 bits per heavy atom. The molecule has 3 aromatic rings. The summed E-state index contributed by atoms with van der Waals surface area (Å²) >= 11 is 0. The zero-order valence-electron chi connectivity index (χ0n) is 21.2. The second-order valence-corrected chi connectivity index (χ2v) is 10.4. The fourth-order valence-corrected chi connectivity index (χ4v) is 5.05. The molecule has 1 fully saturated rings. The maximum Gasteiger partial charge on any atom is 0.288 e. The molecular formula is C30H36N3O3+. The van der Waals surface area contributed by atoms with Gasteiger partial charge in [-0.2, -0.15) is 5.43 Å². The molecule has 0 bridgehead atoms. The highest BCUT2D eigenvalue weighted by molar-refractivity contribution is 6.37. The molecule has 1 saturated heterocycles. The van der Waals surface area contributed by atoms with Gasteiger partial charge in [0, 0.05) is 24.8 Å². The third-order valence-electron chi connectivity index (χ3n) is 6.86. The van der Waals surface area contributed by atoms with Gasteiger partial charge in [-0.25, -0.2) is 4.59 Å². The van der Waals surface area contributed by atoms with E-state index in [2.05, 4.69) is 22.9 Å². The Morgan fingerprint density at radius 1 is 0.833 bits per heavy atom. The minimum atomic E-state index is -0.760. The van der Waals surface area contributed by atoms with Gasteiger partial charge in [-0.1, -0.05) is 86.6 Å². The zero-order chi connectivity index (χ0) is 25.5. The Bertz CT molecular complexity index is 1220. The number of carbonyl (C=O) groups excluding carboxylic acids is 3. The summed E-state index contributed by atoms with van der Waals surface area (Å²) in [4.78, 5) is 39.1. The Morgan fingerprint density at radius 2 is 1.50 bits per heavy atom. The van der Waals surface area contributed by atoms with Gasteiger partial charge in [-0.3, -0.25) is 14.4 Å². The van der Waals surface area contributed by atoms with Gasteiger partial charge >= 0.3 is 0 Å². The van der Waals surface area contributed by atoms with Gasteiger partial charge in [-0.05, 0) is 28.7 Å². The van der Waals surface area contributed by atoms with Gasteiger partial charge in [0.25, 0.3) is 11.8 Å². The van der Waals surface area contributed by atoms with E-state index in [0.717, 1.165) is 47.8 Å². The smallest absolute Gasteiger partial charge is 0.288 e. The number of likely N-dealkylation sites (tertiary alicyclic amines) is 1. The lowest BCUT2D eigenvalue weighted by atomic mass is 10.0. The number of benzene rings is 3. The van der Waals surface area contributed by atoms with Gasteiger partial charge in [0.1, 0.15) is 25.7 Å². The summed E-state index contributed by atoms with van der Waals surface area (Å²) in [5, 5.41) is 4.86. The molecule has 0 aliphatic carbocycles. The molecule has 0 radical (unpaired) electrons. The maximum atomic E-state index is 13.4. The first-order valence-electron chi connectivity index (χ1n) is 12.9. The van der Waals surface area contributed by atoms with E-state index < -0.39 is 17.7 Å². The van der Waals surface area contributed by atoms with Crippen LogP contribution in [0, 0.1) is 5.92 Å². The van der Waals surface area contributed by atoms with E-state index in [4.69, 9.17) is 0 Å². The Balaban J connectivity index is 1.43. The Labute approximate surface area is 213 Å². The number of fused-ring (bicyclic) bond motifs is 1. The zero-order valence-corrected chi connectivity index (χ0v) is 21.2. The van der Waals surface area contributed by atoms with Crippen molar-refractivity contribution in [2.75, 3.05) is 13.1 Å². The lowest BCUT2D eigenvalue weighted by molar-refractivity contribution is -0.963. The fourth-order valence-electron chi connectivity index (χ4n) is 5.05. The molecule has 1 atom stereocenters. The average Bonchev–Trinajstić information content (AvgIpc) is 3.31. The molecule has 6 nitrogen and oxygen atoms in total. The van der Waals surface area contributed by atoms with Crippen LogP contribution in [0.3, 0.4) is 0 Å². The lowest BCUT2D eigenvalue weighted by Crippen LogP contribution is -2.62.